The number of rotatable bonds is 8. The van der Waals surface area contributed by atoms with Crippen LogP contribution in [0.4, 0.5) is 0 Å². The van der Waals surface area contributed by atoms with Gasteiger partial charge in [-0.1, -0.05) is 6.92 Å². The maximum absolute atomic E-state index is 11.1. The molecule has 88 valence electrons. The zero-order valence-electron chi connectivity index (χ0n) is 9.47. The topological polar surface area (TPSA) is 67.4 Å². The van der Waals surface area contributed by atoms with Crippen molar-refractivity contribution in [2.75, 3.05) is 26.8 Å². The Hall–Kier alpha value is -1.10. The van der Waals surface area contributed by atoms with Gasteiger partial charge in [0, 0.05) is 33.0 Å². The molecule has 0 radical (unpaired) electrons. The van der Waals surface area contributed by atoms with Crippen LogP contribution in [-0.4, -0.2) is 38.6 Å². The molecule has 0 aromatic heterocycles. The van der Waals surface area contributed by atoms with Crippen LogP contribution in [-0.2, 0) is 14.3 Å². The number of amides is 2. The van der Waals surface area contributed by atoms with Crippen molar-refractivity contribution in [3.8, 4) is 0 Å². The van der Waals surface area contributed by atoms with E-state index in [2.05, 4.69) is 10.6 Å². The fourth-order valence-corrected chi connectivity index (χ4v) is 1.00. The highest BCUT2D eigenvalue weighted by molar-refractivity contribution is 5.77. The Balaban J connectivity index is 3.30. The third-order valence-corrected chi connectivity index (χ3v) is 1.78. The second-order valence-electron chi connectivity index (χ2n) is 3.19. The lowest BCUT2D eigenvalue weighted by Gasteiger charge is -2.06. The first-order valence-electron chi connectivity index (χ1n) is 5.23. The first kappa shape index (κ1) is 13.9. The molecule has 0 saturated carbocycles. The second kappa shape index (κ2) is 9.45. The average Bonchev–Trinajstić information content (AvgIpc) is 2.22. The molecule has 0 aliphatic rings. The molecule has 2 amide bonds. The Bertz CT molecular complexity index is 195. The molecule has 2 N–H and O–H groups in total. The summed E-state index contributed by atoms with van der Waals surface area (Å²) in [5, 5.41) is 5.39. The fraction of sp³-hybridized carbons (Fsp3) is 0.800. The van der Waals surface area contributed by atoms with Crippen molar-refractivity contribution in [2.24, 2.45) is 0 Å². The molecular weight excluding hydrogens is 196 g/mol. The van der Waals surface area contributed by atoms with Crippen molar-refractivity contribution in [2.45, 2.75) is 26.2 Å². The summed E-state index contributed by atoms with van der Waals surface area (Å²) >= 11 is 0. The van der Waals surface area contributed by atoms with Crippen LogP contribution in [0.1, 0.15) is 26.2 Å². The zero-order valence-corrected chi connectivity index (χ0v) is 9.47. The standard InChI is InChI=1S/C10H20N2O3/c1-3-4-9(13)11-6-7-12-10(14)5-8-15-2/h3-8H2,1-2H3,(H,11,13)(H,12,14). The predicted molar refractivity (Wildman–Crippen MR) is 57.4 cm³/mol. The molecule has 5 nitrogen and oxygen atoms in total. The Morgan fingerprint density at radius 3 is 2.07 bits per heavy atom. The van der Waals surface area contributed by atoms with Gasteiger partial charge in [0.25, 0.3) is 0 Å². The monoisotopic (exact) mass is 216 g/mol. The van der Waals surface area contributed by atoms with E-state index >= 15 is 0 Å². The van der Waals surface area contributed by atoms with Gasteiger partial charge in [-0.15, -0.1) is 0 Å². The molecule has 0 fully saturated rings. The summed E-state index contributed by atoms with van der Waals surface area (Å²) in [6.07, 6.45) is 1.74. The van der Waals surface area contributed by atoms with Gasteiger partial charge in [-0.3, -0.25) is 9.59 Å². The lowest BCUT2D eigenvalue weighted by Crippen LogP contribution is -2.34. The summed E-state index contributed by atoms with van der Waals surface area (Å²) in [6, 6.07) is 0. The molecule has 0 unspecified atom stereocenters. The van der Waals surface area contributed by atoms with Gasteiger partial charge in [-0.25, -0.2) is 0 Å². The predicted octanol–water partition coefficient (Wildman–Crippen LogP) is 0.0554. The Morgan fingerprint density at radius 2 is 1.60 bits per heavy atom. The van der Waals surface area contributed by atoms with E-state index in [1.54, 1.807) is 7.11 Å². The molecule has 0 aromatic rings. The molecule has 0 heterocycles. The van der Waals surface area contributed by atoms with Gasteiger partial charge in [0.2, 0.25) is 11.8 Å². The van der Waals surface area contributed by atoms with E-state index in [0.29, 0.717) is 32.5 Å². The summed E-state index contributed by atoms with van der Waals surface area (Å²) < 4.78 is 4.76. The van der Waals surface area contributed by atoms with E-state index in [9.17, 15) is 9.59 Å². The Labute approximate surface area is 90.6 Å². The summed E-state index contributed by atoms with van der Waals surface area (Å²) in [4.78, 5) is 22.1. The maximum atomic E-state index is 11.1. The van der Waals surface area contributed by atoms with E-state index in [1.165, 1.54) is 0 Å². The molecule has 0 aliphatic heterocycles. The second-order valence-corrected chi connectivity index (χ2v) is 3.19. The minimum absolute atomic E-state index is 0.0311. The number of ether oxygens (including phenoxy) is 1. The number of methoxy groups -OCH3 is 1. The van der Waals surface area contributed by atoms with Gasteiger partial charge in [0.1, 0.15) is 0 Å². The number of carbonyl (C=O) groups excluding carboxylic acids is 2. The van der Waals surface area contributed by atoms with Crippen LogP contribution in [0.25, 0.3) is 0 Å². The molecule has 0 bridgehead atoms. The largest absolute Gasteiger partial charge is 0.384 e. The van der Waals surface area contributed by atoms with Gasteiger partial charge in [0.05, 0.1) is 6.61 Å². The first-order valence-corrected chi connectivity index (χ1v) is 5.23. The molecule has 0 aromatic carbocycles. The zero-order chi connectivity index (χ0) is 11.5. The van der Waals surface area contributed by atoms with Crippen LogP contribution in [0.15, 0.2) is 0 Å². The minimum Gasteiger partial charge on any atom is -0.384 e. The molecule has 0 saturated heterocycles. The lowest BCUT2D eigenvalue weighted by molar-refractivity contribution is -0.123. The van der Waals surface area contributed by atoms with E-state index in [1.807, 2.05) is 6.92 Å². The van der Waals surface area contributed by atoms with E-state index in [0.717, 1.165) is 6.42 Å². The fourth-order valence-electron chi connectivity index (χ4n) is 1.00. The molecule has 0 aliphatic carbocycles. The number of hydrogen-bond donors (Lipinski definition) is 2. The molecule has 0 spiro atoms. The van der Waals surface area contributed by atoms with E-state index in [-0.39, 0.29) is 11.8 Å². The van der Waals surface area contributed by atoms with Crippen LogP contribution >= 0.6 is 0 Å². The SMILES string of the molecule is CCCC(=O)NCCNC(=O)CCOC. The summed E-state index contributed by atoms with van der Waals surface area (Å²) in [6.45, 7) is 3.33. The lowest BCUT2D eigenvalue weighted by atomic mass is 10.3. The minimum atomic E-state index is -0.0541. The van der Waals surface area contributed by atoms with Gasteiger partial charge >= 0.3 is 0 Å². The normalized spacial score (nSPS) is 9.73. The summed E-state index contributed by atoms with van der Waals surface area (Å²) in [7, 11) is 1.55. The van der Waals surface area contributed by atoms with Crippen molar-refractivity contribution in [1.82, 2.24) is 10.6 Å². The third-order valence-electron chi connectivity index (χ3n) is 1.78. The molecule has 5 heteroatoms. The van der Waals surface area contributed by atoms with Gasteiger partial charge in [-0.05, 0) is 6.42 Å². The van der Waals surface area contributed by atoms with Gasteiger partial charge < -0.3 is 15.4 Å². The van der Waals surface area contributed by atoms with Crippen LogP contribution in [0.2, 0.25) is 0 Å². The highest BCUT2D eigenvalue weighted by Crippen LogP contribution is 1.84. The summed E-state index contributed by atoms with van der Waals surface area (Å²) in [5.41, 5.74) is 0. The molecular formula is C10H20N2O3. The van der Waals surface area contributed by atoms with Crippen LogP contribution in [0.3, 0.4) is 0 Å². The van der Waals surface area contributed by atoms with Crippen molar-refractivity contribution >= 4 is 11.8 Å². The molecule has 15 heavy (non-hydrogen) atoms. The first-order chi connectivity index (χ1) is 7.20. The molecule has 0 atom stereocenters. The quantitative estimate of drug-likeness (QED) is 0.564. The average molecular weight is 216 g/mol. The van der Waals surface area contributed by atoms with Crippen molar-refractivity contribution in [3.63, 3.8) is 0 Å². The third kappa shape index (κ3) is 9.21. The maximum Gasteiger partial charge on any atom is 0.222 e. The smallest absolute Gasteiger partial charge is 0.222 e. The van der Waals surface area contributed by atoms with Crippen LogP contribution in [0.5, 0.6) is 0 Å². The van der Waals surface area contributed by atoms with Crippen molar-refractivity contribution in [3.05, 3.63) is 0 Å². The highest BCUT2D eigenvalue weighted by atomic mass is 16.5. The number of carbonyl (C=O) groups is 2. The molecule has 0 rings (SSSR count). The Kier molecular flexibility index (Phi) is 8.76. The number of nitrogens with one attached hydrogen (secondary N) is 2. The van der Waals surface area contributed by atoms with Crippen molar-refractivity contribution < 1.29 is 14.3 Å². The van der Waals surface area contributed by atoms with Gasteiger partial charge in [0.15, 0.2) is 0 Å². The van der Waals surface area contributed by atoms with E-state index < -0.39 is 0 Å². The van der Waals surface area contributed by atoms with Crippen LogP contribution in [0, 0.1) is 0 Å². The van der Waals surface area contributed by atoms with Crippen LogP contribution < -0.4 is 10.6 Å². The van der Waals surface area contributed by atoms with Crippen molar-refractivity contribution in [1.29, 1.82) is 0 Å². The van der Waals surface area contributed by atoms with Gasteiger partial charge in [-0.2, -0.15) is 0 Å². The Morgan fingerprint density at radius 1 is 1.07 bits per heavy atom. The highest BCUT2D eigenvalue weighted by Gasteiger charge is 2.00. The number of hydrogen-bond acceptors (Lipinski definition) is 3. The summed E-state index contributed by atoms with van der Waals surface area (Å²) in [5.74, 6) is -0.0229. The van der Waals surface area contributed by atoms with E-state index in [4.69, 9.17) is 4.74 Å².